The number of nitrogens with two attached hydrogens (primary N) is 1. The Morgan fingerprint density at radius 1 is 1.33 bits per heavy atom. The Morgan fingerprint density at radius 3 is 2.73 bits per heavy atom. The van der Waals surface area contributed by atoms with Gasteiger partial charge in [-0.05, 0) is 17.7 Å². The van der Waals surface area contributed by atoms with Gasteiger partial charge < -0.3 is 15.2 Å². The molecule has 0 aliphatic rings. The number of hydrogen-bond acceptors (Lipinski definition) is 3. The van der Waals surface area contributed by atoms with Gasteiger partial charge in [0.2, 0.25) is 0 Å². The van der Waals surface area contributed by atoms with Crippen molar-refractivity contribution in [3.63, 3.8) is 0 Å². The summed E-state index contributed by atoms with van der Waals surface area (Å²) >= 11 is 0. The maximum absolute atomic E-state index is 13.3. The van der Waals surface area contributed by atoms with Crippen molar-refractivity contribution in [2.75, 3.05) is 20.3 Å². The first kappa shape index (κ1) is 11.9. The Bertz CT molecular complexity index is 305. The summed E-state index contributed by atoms with van der Waals surface area (Å²) in [5.41, 5.74) is 6.15. The van der Waals surface area contributed by atoms with E-state index < -0.39 is 0 Å². The van der Waals surface area contributed by atoms with E-state index in [1.54, 1.807) is 19.2 Å². The zero-order valence-corrected chi connectivity index (χ0v) is 8.83. The monoisotopic (exact) mass is 213 g/mol. The molecule has 0 saturated heterocycles. The van der Waals surface area contributed by atoms with Gasteiger partial charge in [0.05, 0.1) is 6.61 Å². The smallest absolute Gasteiger partial charge is 0.165 e. The van der Waals surface area contributed by atoms with Crippen LogP contribution in [0.5, 0.6) is 5.75 Å². The van der Waals surface area contributed by atoms with Gasteiger partial charge in [0.15, 0.2) is 11.6 Å². The van der Waals surface area contributed by atoms with Crippen molar-refractivity contribution in [1.82, 2.24) is 0 Å². The van der Waals surface area contributed by atoms with Crippen molar-refractivity contribution in [2.45, 2.75) is 13.0 Å². The molecule has 15 heavy (non-hydrogen) atoms. The summed E-state index contributed by atoms with van der Waals surface area (Å²) < 4.78 is 23.4. The Kier molecular flexibility index (Phi) is 5.07. The van der Waals surface area contributed by atoms with Crippen LogP contribution in [0.25, 0.3) is 0 Å². The van der Waals surface area contributed by atoms with Gasteiger partial charge in [-0.2, -0.15) is 0 Å². The molecule has 1 rings (SSSR count). The van der Waals surface area contributed by atoms with Crippen LogP contribution in [0.4, 0.5) is 4.39 Å². The van der Waals surface area contributed by atoms with Crippen LogP contribution in [-0.4, -0.2) is 20.3 Å². The quantitative estimate of drug-likeness (QED) is 0.731. The summed E-state index contributed by atoms with van der Waals surface area (Å²) in [5, 5.41) is 0. The Balaban J connectivity index is 2.47. The largest absolute Gasteiger partial charge is 0.490 e. The minimum absolute atomic E-state index is 0.267. The van der Waals surface area contributed by atoms with Crippen LogP contribution in [0.2, 0.25) is 0 Å². The molecule has 0 radical (unpaired) electrons. The molecule has 0 heterocycles. The second-order valence-electron chi connectivity index (χ2n) is 3.16. The van der Waals surface area contributed by atoms with Crippen LogP contribution < -0.4 is 10.5 Å². The minimum Gasteiger partial charge on any atom is -0.490 e. The van der Waals surface area contributed by atoms with Crippen molar-refractivity contribution < 1.29 is 13.9 Å². The molecule has 0 bridgehead atoms. The lowest BCUT2D eigenvalue weighted by Crippen LogP contribution is -2.03. The predicted octanol–water partition coefficient (Wildman–Crippen LogP) is 1.70. The first-order valence-electron chi connectivity index (χ1n) is 4.88. The summed E-state index contributed by atoms with van der Waals surface area (Å²) in [6.07, 6.45) is 0.745. The van der Waals surface area contributed by atoms with Crippen LogP contribution in [0.15, 0.2) is 18.2 Å². The lowest BCUT2D eigenvalue weighted by molar-refractivity contribution is 0.170. The van der Waals surface area contributed by atoms with Gasteiger partial charge in [0.1, 0.15) is 0 Å². The minimum atomic E-state index is -0.365. The van der Waals surface area contributed by atoms with E-state index in [9.17, 15) is 4.39 Å². The van der Waals surface area contributed by atoms with Crippen molar-refractivity contribution in [1.29, 1.82) is 0 Å². The average molecular weight is 213 g/mol. The molecule has 1 aromatic rings. The second-order valence-corrected chi connectivity index (χ2v) is 3.16. The van der Waals surface area contributed by atoms with Crippen LogP contribution >= 0.6 is 0 Å². The standard InChI is InChI=1S/C11H16FNO2/c1-14-5-2-6-15-11-4-3-9(8-13)7-10(11)12/h3-4,7H,2,5-6,8,13H2,1H3. The maximum Gasteiger partial charge on any atom is 0.165 e. The zero-order chi connectivity index (χ0) is 11.1. The van der Waals surface area contributed by atoms with Crippen LogP contribution in [0.3, 0.4) is 0 Å². The second kappa shape index (κ2) is 6.37. The molecule has 0 atom stereocenters. The number of hydrogen-bond donors (Lipinski definition) is 1. The van der Waals surface area contributed by atoms with Crippen LogP contribution in [0.1, 0.15) is 12.0 Å². The highest BCUT2D eigenvalue weighted by Crippen LogP contribution is 2.18. The van der Waals surface area contributed by atoms with E-state index in [2.05, 4.69) is 0 Å². The number of methoxy groups -OCH3 is 1. The average Bonchev–Trinajstić information content (AvgIpc) is 2.26. The molecule has 0 aromatic heterocycles. The predicted molar refractivity (Wildman–Crippen MR) is 56.3 cm³/mol. The SMILES string of the molecule is COCCCOc1ccc(CN)cc1F. The van der Waals surface area contributed by atoms with E-state index >= 15 is 0 Å². The highest BCUT2D eigenvalue weighted by molar-refractivity contribution is 5.29. The molecule has 0 amide bonds. The van der Waals surface area contributed by atoms with Crippen LogP contribution in [0, 0.1) is 5.82 Å². The van der Waals surface area contributed by atoms with E-state index in [1.165, 1.54) is 6.07 Å². The molecule has 0 unspecified atom stereocenters. The summed E-state index contributed by atoms with van der Waals surface area (Å²) in [6.45, 7) is 1.40. The van der Waals surface area contributed by atoms with Crippen molar-refractivity contribution in [3.8, 4) is 5.75 Å². The molecule has 3 nitrogen and oxygen atoms in total. The van der Waals surface area contributed by atoms with E-state index in [4.69, 9.17) is 15.2 Å². The summed E-state index contributed by atoms with van der Waals surface area (Å²) in [6, 6.07) is 4.75. The van der Waals surface area contributed by atoms with Crippen LogP contribution in [-0.2, 0) is 11.3 Å². The van der Waals surface area contributed by atoms with Gasteiger partial charge in [0.25, 0.3) is 0 Å². The normalized spacial score (nSPS) is 10.3. The maximum atomic E-state index is 13.3. The van der Waals surface area contributed by atoms with E-state index in [0.29, 0.717) is 19.8 Å². The summed E-state index contributed by atoms with van der Waals surface area (Å²) in [7, 11) is 1.62. The topological polar surface area (TPSA) is 44.5 Å². The molecule has 2 N–H and O–H groups in total. The zero-order valence-electron chi connectivity index (χ0n) is 8.83. The van der Waals surface area contributed by atoms with Crippen molar-refractivity contribution >= 4 is 0 Å². The fourth-order valence-electron chi connectivity index (χ4n) is 1.17. The molecule has 84 valence electrons. The van der Waals surface area contributed by atoms with E-state index in [1.807, 2.05) is 0 Å². The molecule has 1 aromatic carbocycles. The third kappa shape index (κ3) is 3.85. The third-order valence-electron chi connectivity index (χ3n) is 1.98. The highest BCUT2D eigenvalue weighted by Gasteiger charge is 2.03. The van der Waals surface area contributed by atoms with Crippen molar-refractivity contribution in [3.05, 3.63) is 29.6 Å². The molecule has 0 saturated carbocycles. The number of rotatable bonds is 6. The Labute approximate surface area is 89.0 Å². The number of benzene rings is 1. The fraction of sp³-hybridized carbons (Fsp3) is 0.455. The molecular weight excluding hydrogens is 197 g/mol. The number of halogens is 1. The van der Waals surface area contributed by atoms with Crippen molar-refractivity contribution in [2.24, 2.45) is 5.73 Å². The lowest BCUT2D eigenvalue weighted by atomic mass is 10.2. The van der Waals surface area contributed by atoms with Gasteiger partial charge >= 0.3 is 0 Å². The van der Waals surface area contributed by atoms with E-state index in [0.717, 1.165) is 12.0 Å². The Morgan fingerprint density at radius 2 is 2.13 bits per heavy atom. The Hall–Kier alpha value is -1.13. The molecule has 0 aliphatic heterocycles. The third-order valence-corrected chi connectivity index (χ3v) is 1.98. The van der Waals surface area contributed by atoms with E-state index in [-0.39, 0.29) is 11.6 Å². The van der Waals surface area contributed by atoms with Gasteiger partial charge in [-0.25, -0.2) is 4.39 Å². The summed E-state index contributed by atoms with van der Waals surface area (Å²) in [5.74, 6) is -0.0985. The lowest BCUT2D eigenvalue weighted by Gasteiger charge is -2.07. The number of ether oxygens (including phenoxy) is 2. The van der Waals surface area contributed by atoms with Gasteiger partial charge in [-0.15, -0.1) is 0 Å². The first-order valence-corrected chi connectivity index (χ1v) is 4.88. The summed E-state index contributed by atoms with van der Waals surface area (Å²) in [4.78, 5) is 0. The van der Waals surface area contributed by atoms with Gasteiger partial charge in [0, 0.05) is 26.7 Å². The highest BCUT2D eigenvalue weighted by atomic mass is 19.1. The molecular formula is C11H16FNO2. The first-order chi connectivity index (χ1) is 7.27. The molecule has 0 spiro atoms. The van der Waals surface area contributed by atoms with Gasteiger partial charge in [-0.3, -0.25) is 0 Å². The molecule has 0 aliphatic carbocycles. The molecule has 4 heteroatoms. The van der Waals surface area contributed by atoms with Gasteiger partial charge in [-0.1, -0.05) is 6.07 Å². The fourth-order valence-corrected chi connectivity index (χ4v) is 1.17. The molecule has 0 fully saturated rings.